The summed E-state index contributed by atoms with van der Waals surface area (Å²) in [6.07, 6.45) is 2.08. The summed E-state index contributed by atoms with van der Waals surface area (Å²) in [5, 5.41) is 3.63. The molecular formula is C14H24IN3S. The first-order valence-electron chi connectivity index (χ1n) is 6.22. The largest absolute Gasteiger partial charge is 0.370 e. The van der Waals surface area contributed by atoms with Crippen molar-refractivity contribution in [1.29, 1.82) is 0 Å². The molecule has 0 aromatic heterocycles. The summed E-state index contributed by atoms with van der Waals surface area (Å²) >= 11 is 1.79. The number of nitrogens with zero attached hydrogens (tertiary/aromatic N) is 1. The number of benzene rings is 1. The summed E-state index contributed by atoms with van der Waals surface area (Å²) in [4.78, 5) is 4.33. The molecule has 1 unspecified atom stereocenters. The zero-order valence-corrected chi connectivity index (χ0v) is 15.2. The van der Waals surface area contributed by atoms with Crippen LogP contribution in [-0.2, 0) is 0 Å². The molecule has 1 aromatic rings. The Morgan fingerprint density at radius 2 is 2.05 bits per heavy atom. The molecule has 19 heavy (non-hydrogen) atoms. The zero-order valence-electron chi connectivity index (χ0n) is 12.0. The molecule has 3 N–H and O–H groups in total. The molecule has 5 heteroatoms. The molecule has 0 aliphatic heterocycles. The van der Waals surface area contributed by atoms with Crippen molar-refractivity contribution in [2.45, 2.75) is 31.9 Å². The summed E-state index contributed by atoms with van der Waals surface area (Å²) in [6, 6.07) is 8.28. The van der Waals surface area contributed by atoms with Gasteiger partial charge in [-0.1, -0.05) is 32.9 Å². The van der Waals surface area contributed by atoms with Crippen molar-refractivity contribution in [2.24, 2.45) is 10.7 Å². The van der Waals surface area contributed by atoms with Crippen molar-refractivity contribution in [1.82, 2.24) is 0 Å². The van der Waals surface area contributed by atoms with Gasteiger partial charge in [-0.15, -0.1) is 24.0 Å². The van der Waals surface area contributed by atoms with E-state index in [1.54, 1.807) is 11.8 Å². The molecule has 1 aromatic carbocycles. The van der Waals surface area contributed by atoms with Crippen molar-refractivity contribution in [3.05, 3.63) is 29.8 Å². The molecule has 0 bridgehead atoms. The Morgan fingerprint density at radius 3 is 2.63 bits per heavy atom. The normalized spacial score (nSPS) is 13.0. The summed E-state index contributed by atoms with van der Waals surface area (Å²) in [5.41, 5.74) is 8.16. The minimum absolute atomic E-state index is 0. The molecule has 108 valence electrons. The number of anilines is 1. The molecule has 0 saturated carbocycles. The van der Waals surface area contributed by atoms with Crippen molar-refractivity contribution in [2.75, 3.05) is 18.1 Å². The molecule has 0 amide bonds. The molecule has 1 atom stereocenters. The van der Waals surface area contributed by atoms with Gasteiger partial charge in [0.05, 0.1) is 6.54 Å². The number of halogens is 1. The van der Waals surface area contributed by atoms with Gasteiger partial charge in [-0.05, 0) is 29.9 Å². The lowest BCUT2D eigenvalue weighted by Gasteiger charge is -2.10. The standard InChI is InChI=1S/C14H23N3S.HI/c1-10(2)12-6-5-7-13(8-12)17-14(15)16-9-11(3)18-4;/h5-8,10-11H,9H2,1-4H3,(H3,15,16,17);1H. The maximum atomic E-state index is 5.86. The number of guanidine groups is 1. The van der Waals surface area contributed by atoms with Gasteiger partial charge < -0.3 is 11.1 Å². The van der Waals surface area contributed by atoms with Gasteiger partial charge in [0.25, 0.3) is 0 Å². The quantitative estimate of drug-likeness (QED) is 0.453. The van der Waals surface area contributed by atoms with E-state index >= 15 is 0 Å². The van der Waals surface area contributed by atoms with E-state index in [-0.39, 0.29) is 24.0 Å². The highest BCUT2D eigenvalue weighted by Gasteiger charge is 2.02. The smallest absolute Gasteiger partial charge is 0.193 e. The molecule has 0 fully saturated rings. The van der Waals surface area contributed by atoms with Crippen LogP contribution >= 0.6 is 35.7 Å². The number of aliphatic imine (C=N–C) groups is 1. The SMILES string of the molecule is CSC(C)CN=C(N)Nc1cccc(C(C)C)c1.I. The van der Waals surface area contributed by atoms with Crippen LogP contribution in [0.1, 0.15) is 32.3 Å². The van der Waals surface area contributed by atoms with Crippen LogP contribution in [0.4, 0.5) is 5.69 Å². The molecule has 0 aliphatic carbocycles. The molecular weight excluding hydrogens is 369 g/mol. The second-order valence-corrected chi connectivity index (χ2v) is 5.95. The highest BCUT2D eigenvalue weighted by atomic mass is 127. The Hall–Kier alpha value is -0.430. The number of hydrogen-bond donors (Lipinski definition) is 2. The van der Waals surface area contributed by atoms with E-state index < -0.39 is 0 Å². The minimum atomic E-state index is 0. The number of nitrogens with one attached hydrogen (secondary N) is 1. The Labute approximate surface area is 137 Å². The van der Waals surface area contributed by atoms with Gasteiger partial charge in [-0.3, -0.25) is 4.99 Å². The minimum Gasteiger partial charge on any atom is -0.370 e. The fraction of sp³-hybridized carbons (Fsp3) is 0.500. The van der Waals surface area contributed by atoms with Gasteiger partial charge in [0.15, 0.2) is 5.96 Å². The van der Waals surface area contributed by atoms with E-state index in [1.165, 1.54) is 5.56 Å². The second kappa shape index (κ2) is 9.47. The number of hydrogen-bond acceptors (Lipinski definition) is 2. The number of nitrogens with two attached hydrogens (primary N) is 1. The van der Waals surface area contributed by atoms with E-state index in [0.717, 1.165) is 12.2 Å². The lowest BCUT2D eigenvalue weighted by molar-refractivity contribution is 0.867. The summed E-state index contributed by atoms with van der Waals surface area (Å²) in [5.74, 6) is 0.998. The summed E-state index contributed by atoms with van der Waals surface area (Å²) < 4.78 is 0. The Morgan fingerprint density at radius 1 is 1.37 bits per heavy atom. The molecule has 1 rings (SSSR count). The van der Waals surface area contributed by atoms with Gasteiger partial charge >= 0.3 is 0 Å². The van der Waals surface area contributed by atoms with E-state index in [2.05, 4.69) is 49.5 Å². The van der Waals surface area contributed by atoms with Gasteiger partial charge in [0, 0.05) is 10.9 Å². The Balaban J connectivity index is 0.00000324. The van der Waals surface area contributed by atoms with Crippen LogP contribution < -0.4 is 11.1 Å². The lowest BCUT2D eigenvalue weighted by Crippen LogP contribution is -2.24. The monoisotopic (exact) mass is 393 g/mol. The third-order valence-electron chi connectivity index (χ3n) is 2.75. The predicted molar refractivity (Wildman–Crippen MR) is 99.0 cm³/mol. The van der Waals surface area contributed by atoms with E-state index in [0.29, 0.717) is 17.1 Å². The van der Waals surface area contributed by atoms with Gasteiger partial charge in [0.2, 0.25) is 0 Å². The highest BCUT2D eigenvalue weighted by Crippen LogP contribution is 2.18. The topological polar surface area (TPSA) is 50.4 Å². The van der Waals surface area contributed by atoms with Crippen LogP contribution in [0.15, 0.2) is 29.3 Å². The zero-order chi connectivity index (χ0) is 13.5. The van der Waals surface area contributed by atoms with E-state index in [1.807, 2.05) is 12.1 Å². The summed E-state index contributed by atoms with van der Waals surface area (Å²) in [7, 11) is 0. The molecule has 0 radical (unpaired) electrons. The average Bonchev–Trinajstić information content (AvgIpc) is 2.36. The highest BCUT2D eigenvalue weighted by molar-refractivity contribution is 14.0. The first kappa shape index (κ1) is 18.6. The van der Waals surface area contributed by atoms with Crippen molar-refractivity contribution in [3.63, 3.8) is 0 Å². The van der Waals surface area contributed by atoms with Crippen LogP contribution in [0.3, 0.4) is 0 Å². The number of rotatable bonds is 5. The van der Waals surface area contributed by atoms with Crippen LogP contribution in [0.25, 0.3) is 0 Å². The Kier molecular flexibility index (Phi) is 9.26. The van der Waals surface area contributed by atoms with Crippen molar-refractivity contribution in [3.8, 4) is 0 Å². The maximum Gasteiger partial charge on any atom is 0.193 e. The third kappa shape index (κ3) is 7.06. The predicted octanol–water partition coefficient (Wildman–Crippen LogP) is 3.91. The van der Waals surface area contributed by atoms with Gasteiger partial charge in [-0.25, -0.2) is 0 Å². The molecule has 0 saturated heterocycles. The van der Waals surface area contributed by atoms with Crippen molar-refractivity contribution < 1.29 is 0 Å². The lowest BCUT2D eigenvalue weighted by atomic mass is 10.0. The van der Waals surface area contributed by atoms with Gasteiger partial charge in [0.1, 0.15) is 0 Å². The summed E-state index contributed by atoms with van der Waals surface area (Å²) in [6.45, 7) is 7.23. The fourth-order valence-electron chi connectivity index (χ4n) is 1.46. The third-order valence-corrected chi connectivity index (χ3v) is 3.70. The second-order valence-electron chi connectivity index (χ2n) is 4.68. The molecule has 3 nitrogen and oxygen atoms in total. The van der Waals surface area contributed by atoms with Crippen LogP contribution in [-0.4, -0.2) is 24.0 Å². The van der Waals surface area contributed by atoms with E-state index in [9.17, 15) is 0 Å². The molecule has 0 heterocycles. The Bertz CT molecular complexity index is 407. The van der Waals surface area contributed by atoms with Crippen LogP contribution in [0.2, 0.25) is 0 Å². The average molecular weight is 393 g/mol. The first-order valence-corrected chi connectivity index (χ1v) is 7.51. The maximum absolute atomic E-state index is 5.86. The fourth-order valence-corrected chi connectivity index (χ4v) is 1.69. The number of thioether (sulfide) groups is 1. The first-order chi connectivity index (χ1) is 8.52. The van der Waals surface area contributed by atoms with Crippen LogP contribution in [0.5, 0.6) is 0 Å². The molecule has 0 spiro atoms. The van der Waals surface area contributed by atoms with Crippen molar-refractivity contribution >= 4 is 47.4 Å². The van der Waals surface area contributed by atoms with Gasteiger partial charge in [-0.2, -0.15) is 11.8 Å². The van der Waals surface area contributed by atoms with E-state index in [4.69, 9.17) is 5.73 Å². The molecule has 0 aliphatic rings. The van der Waals surface area contributed by atoms with Crippen LogP contribution in [0, 0.1) is 0 Å².